The molecule has 3 unspecified atom stereocenters. The van der Waals surface area contributed by atoms with Crippen molar-refractivity contribution in [2.45, 2.75) is 17.9 Å². The topological polar surface area (TPSA) is 49.4 Å². The normalized spacial score (nSPS) is 30.6. The van der Waals surface area contributed by atoms with E-state index >= 15 is 0 Å². The molecule has 1 aromatic carbocycles. The quantitative estimate of drug-likeness (QED) is 0.902. The van der Waals surface area contributed by atoms with Crippen molar-refractivity contribution in [3.8, 4) is 0 Å². The van der Waals surface area contributed by atoms with Crippen LogP contribution in [-0.4, -0.2) is 38.4 Å². The van der Waals surface area contributed by atoms with Crippen molar-refractivity contribution in [1.82, 2.24) is 9.62 Å². The van der Waals surface area contributed by atoms with E-state index in [4.69, 9.17) is 23.2 Å². The predicted octanol–water partition coefficient (Wildman–Crippen LogP) is 2.22. The Hall–Kier alpha value is -0.330. The second-order valence-corrected chi connectivity index (χ2v) is 8.09. The summed E-state index contributed by atoms with van der Waals surface area (Å²) in [7, 11) is -3.59. The van der Waals surface area contributed by atoms with Crippen LogP contribution in [0.3, 0.4) is 0 Å². The number of halogens is 2. The van der Waals surface area contributed by atoms with Crippen molar-refractivity contribution < 1.29 is 8.42 Å². The molecular formula is C13H16Cl2N2O2S. The first-order chi connectivity index (χ1) is 9.43. The zero-order chi connectivity index (χ0) is 14.5. The van der Waals surface area contributed by atoms with E-state index in [1.807, 2.05) is 6.92 Å². The minimum Gasteiger partial charge on any atom is -0.316 e. The number of hydrogen-bond donors (Lipinski definition) is 1. The maximum Gasteiger partial charge on any atom is 0.244 e. The van der Waals surface area contributed by atoms with Crippen LogP contribution in [0.15, 0.2) is 23.1 Å². The largest absolute Gasteiger partial charge is 0.316 e. The van der Waals surface area contributed by atoms with E-state index < -0.39 is 10.0 Å². The first kappa shape index (κ1) is 14.6. The number of nitrogens with zero attached hydrogens (tertiary/aromatic N) is 1. The van der Waals surface area contributed by atoms with Crippen LogP contribution in [0.5, 0.6) is 0 Å². The molecule has 3 atom stereocenters. The summed E-state index contributed by atoms with van der Waals surface area (Å²) in [4.78, 5) is 0.103. The standard InChI is InChI=1S/C13H16Cl2N2O2S/c1-8-10-6-16-5-9(10)7-17(8)20(18,19)12-4-2-3-11(14)13(12)15/h2-4,8-10,16H,5-7H2,1H3. The maximum absolute atomic E-state index is 12.8. The van der Waals surface area contributed by atoms with E-state index in [-0.39, 0.29) is 21.0 Å². The molecule has 0 radical (unpaired) electrons. The minimum atomic E-state index is -3.59. The number of fused-ring (bicyclic) bond motifs is 1. The van der Waals surface area contributed by atoms with Gasteiger partial charge >= 0.3 is 0 Å². The predicted molar refractivity (Wildman–Crippen MR) is 79.7 cm³/mol. The van der Waals surface area contributed by atoms with E-state index in [1.54, 1.807) is 16.4 Å². The van der Waals surface area contributed by atoms with Crippen molar-refractivity contribution in [1.29, 1.82) is 0 Å². The molecule has 0 amide bonds. The Morgan fingerprint density at radius 3 is 2.75 bits per heavy atom. The maximum atomic E-state index is 12.8. The Bertz CT molecular complexity index is 635. The molecule has 0 saturated carbocycles. The van der Waals surface area contributed by atoms with Gasteiger partial charge in [0.15, 0.2) is 0 Å². The van der Waals surface area contributed by atoms with Crippen LogP contribution in [0.2, 0.25) is 10.0 Å². The summed E-state index contributed by atoms with van der Waals surface area (Å²) in [5.74, 6) is 0.764. The van der Waals surface area contributed by atoms with Gasteiger partial charge in [0.25, 0.3) is 0 Å². The summed E-state index contributed by atoms with van der Waals surface area (Å²) < 4.78 is 27.2. The Balaban J connectivity index is 1.99. The monoisotopic (exact) mass is 334 g/mol. The number of nitrogens with one attached hydrogen (secondary N) is 1. The fraction of sp³-hybridized carbons (Fsp3) is 0.538. The van der Waals surface area contributed by atoms with E-state index in [0.29, 0.717) is 18.4 Å². The molecule has 2 fully saturated rings. The fourth-order valence-corrected chi connectivity index (χ4v) is 5.73. The molecule has 7 heteroatoms. The SMILES string of the molecule is CC1C2CNCC2CN1S(=O)(=O)c1cccc(Cl)c1Cl. The number of hydrogen-bond acceptors (Lipinski definition) is 3. The molecule has 2 aliphatic heterocycles. The van der Waals surface area contributed by atoms with Gasteiger partial charge in [0.1, 0.15) is 4.90 Å². The van der Waals surface area contributed by atoms with E-state index in [0.717, 1.165) is 13.1 Å². The van der Waals surface area contributed by atoms with Gasteiger partial charge in [-0.3, -0.25) is 0 Å². The molecule has 4 nitrogen and oxygen atoms in total. The molecule has 2 heterocycles. The van der Waals surface area contributed by atoms with Crippen molar-refractivity contribution in [3.63, 3.8) is 0 Å². The fourth-order valence-electron chi connectivity index (χ4n) is 3.26. The van der Waals surface area contributed by atoms with E-state index in [9.17, 15) is 8.42 Å². The minimum absolute atomic E-state index is 0.0185. The van der Waals surface area contributed by atoms with Crippen molar-refractivity contribution in [3.05, 3.63) is 28.2 Å². The van der Waals surface area contributed by atoms with Gasteiger partial charge in [-0.2, -0.15) is 4.31 Å². The summed E-state index contributed by atoms with van der Waals surface area (Å²) in [5.41, 5.74) is 0. The molecule has 0 aromatic heterocycles. The van der Waals surface area contributed by atoms with Crippen molar-refractivity contribution in [2.24, 2.45) is 11.8 Å². The van der Waals surface area contributed by atoms with Gasteiger partial charge in [-0.25, -0.2) is 8.42 Å². The molecule has 1 N–H and O–H groups in total. The van der Waals surface area contributed by atoms with Crippen molar-refractivity contribution in [2.75, 3.05) is 19.6 Å². The van der Waals surface area contributed by atoms with Gasteiger partial charge in [0.2, 0.25) is 10.0 Å². The first-order valence-electron chi connectivity index (χ1n) is 6.59. The molecule has 0 aliphatic carbocycles. The van der Waals surface area contributed by atoms with Crippen LogP contribution in [0.25, 0.3) is 0 Å². The Morgan fingerprint density at radius 2 is 2.05 bits per heavy atom. The average molecular weight is 335 g/mol. The third-order valence-electron chi connectivity index (χ3n) is 4.38. The van der Waals surface area contributed by atoms with E-state index in [1.165, 1.54) is 6.07 Å². The molecule has 2 saturated heterocycles. The second kappa shape index (κ2) is 5.14. The lowest BCUT2D eigenvalue weighted by Gasteiger charge is -2.24. The van der Waals surface area contributed by atoms with Crippen LogP contribution in [0.1, 0.15) is 6.92 Å². The lowest BCUT2D eigenvalue weighted by Crippen LogP contribution is -2.38. The molecule has 0 spiro atoms. The van der Waals surface area contributed by atoms with Gasteiger partial charge in [0, 0.05) is 12.6 Å². The van der Waals surface area contributed by atoms with Gasteiger partial charge < -0.3 is 5.32 Å². The van der Waals surface area contributed by atoms with Crippen LogP contribution in [-0.2, 0) is 10.0 Å². The second-order valence-electron chi connectivity index (χ2n) is 5.45. The lowest BCUT2D eigenvalue weighted by atomic mass is 9.95. The molecule has 20 heavy (non-hydrogen) atoms. The molecule has 110 valence electrons. The summed E-state index contributed by atoms with van der Waals surface area (Å²) in [6, 6.07) is 4.71. The molecule has 1 aromatic rings. The van der Waals surface area contributed by atoms with Crippen LogP contribution >= 0.6 is 23.2 Å². The van der Waals surface area contributed by atoms with Gasteiger partial charge in [0.05, 0.1) is 10.0 Å². The summed E-state index contributed by atoms with van der Waals surface area (Å²) >= 11 is 12.0. The van der Waals surface area contributed by atoms with E-state index in [2.05, 4.69) is 5.32 Å². The van der Waals surface area contributed by atoms with Gasteiger partial charge in [-0.05, 0) is 44.0 Å². The van der Waals surface area contributed by atoms with Crippen molar-refractivity contribution >= 4 is 33.2 Å². The number of benzene rings is 1. The summed E-state index contributed by atoms with van der Waals surface area (Å²) in [6.07, 6.45) is 0. The smallest absolute Gasteiger partial charge is 0.244 e. The Labute approximate surface area is 129 Å². The highest BCUT2D eigenvalue weighted by atomic mass is 35.5. The Kier molecular flexibility index (Phi) is 3.75. The third-order valence-corrected chi connectivity index (χ3v) is 7.31. The van der Waals surface area contributed by atoms with Gasteiger partial charge in [-0.15, -0.1) is 0 Å². The summed E-state index contributed by atoms with van der Waals surface area (Å²) in [6.45, 7) is 4.27. The van der Waals surface area contributed by atoms with Crippen LogP contribution in [0.4, 0.5) is 0 Å². The highest BCUT2D eigenvalue weighted by Crippen LogP contribution is 2.38. The van der Waals surface area contributed by atoms with Crippen LogP contribution in [0, 0.1) is 11.8 Å². The Morgan fingerprint density at radius 1 is 1.30 bits per heavy atom. The van der Waals surface area contributed by atoms with Crippen LogP contribution < -0.4 is 5.32 Å². The first-order valence-corrected chi connectivity index (χ1v) is 8.79. The third kappa shape index (κ3) is 2.16. The number of rotatable bonds is 2. The zero-order valence-electron chi connectivity index (χ0n) is 11.0. The highest BCUT2D eigenvalue weighted by Gasteiger charge is 2.47. The molecule has 0 bridgehead atoms. The highest BCUT2D eigenvalue weighted by molar-refractivity contribution is 7.89. The average Bonchev–Trinajstić information content (AvgIpc) is 2.96. The zero-order valence-corrected chi connectivity index (χ0v) is 13.3. The molecule has 3 rings (SSSR count). The summed E-state index contributed by atoms with van der Waals surface area (Å²) in [5, 5.41) is 3.69. The van der Waals surface area contributed by atoms with Gasteiger partial charge in [-0.1, -0.05) is 29.3 Å². The number of sulfonamides is 1. The molecule has 2 aliphatic rings. The lowest BCUT2D eigenvalue weighted by molar-refractivity contribution is 0.360. The molecular weight excluding hydrogens is 319 g/mol.